The third-order valence-electron chi connectivity index (χ3n) is 2.00. The number of rotatable bonds is 2. The Morgan fingerprint density at radius 1 is 1.31 bits per heavy atom. The quantitative estimate of drug-likeness (QED) is 0.680. The fourth-order valence-corrected chi connectivity index (χ4v) is 1.57. The predicted octanol–water partition coefficient (Wildman–Crippen LogP) is 2.46. The molecule has 1 aliphatic heterocycles. The average molecular weight is 199 g/mol. The van der Waals surface area contributed by atoms with Crippen LogP contribution in [0.5, 0.6) is 11.5 Å². The highest BCUT2D eigenvalue weighted by Gasteiger charge is 2.19. The van der Waals surface area contributed by atoms with E-state index in [4.69, 9.17) is 21.1 Å². The molecule has 1 atom stereocenters. The second kappa shape index (κ2) is 3.88. The van der Waals surface area contributed by atoms with Crippen molar-refractivity contribution in [1.29, 1.82) is 0 Å². The number of hydrogen-bond donors (Lipinski definition) is 0. The van der Waals surface area contributed by atoms with Gasteiger partial charge in [-0.15, -0.1) is 11.6 Å². The number of hydrogen-bond acceptors (Lipinski definition) is 2. The molecular weight excluding hydrogens is 188 g/mol. The van der Waals surface area contributed by atoms with Crippen LogP contribution in [0, 0.1) is 0 Å². The molecule has 1 heterocycles. The van der Waals surface area contributed by atoms with Crippen molar-refractivity contribution >= 4 is 11.6 Å². The van der Waals surface area contributed by atoms with Crippen LogP contribution in [0.25, 0.3) is 0 Å². The van der Waals surface area contributed by atoms with E-state index < -0.39 is 0 Å². The van der Waals surface area contributed by atoms with Crippen LogP contribution >= 0.6 is 11.6 Å². The van der Waals surface area contributed by atoms with Crippen LogP contribution in [0.3, 0.4) is 0 Å². The monoisotopic (exact) mass is 198 g/mol. The topological polar surface area (TPSA) is 18.5 Å². The minimum Gasteiger partial charge on any atom is -0.486 e. The molecule has 0 bridgehead atoms. The van der Waals surface area contributed by atoms with Crippen LogP contribution in [0.4, 0.5) is 0 Å². The van der Waals surface area contributed by atoms with Crippen LogP contribution in [-0.4, -0.2) is 18.6 Å². The normalized spacial score (nSPS) is 19.9. The molecule has 0 radical (unpaired) electrons. The number of benzene rings is 1. The molecular formula is C10H11ClO2. The fraction of sp³-hybridized carbons (Fsp3) is 0.400. The Bertz CT molecular complexity index is 288. The first-order valence-electron chi connectivity index (χ1n) is 4.34. The number of fused-ring (bicyclic) bond motifs is 1. The molecule has 0 aromatic heterocycles. The van der Waals surface area contributed by atoms with Gasteiger partial charge >= 0.3 is 0 Å². The zero-order valence-electron chi connectivity index (χ0n) is 7.20. The zero-order valence-corrected chi connectivity index (χ0v) is 7.96. The average Bonchev–Trinajstić information content (AvgIpc) is 2.18. The van der Waals surface area contributed by atoms with E-state index in [0.717, 1.165) is 17.9 Å². The summed E-state index contributed by atoms with van der Waals surface area (Å²) >= 11 is 5.63. The summed E-state index contributed by atoms with van der Waals surface area (Å²) in [5, 5.41) is 0. The first-order chi connectivity index (χ1) is 6.40. The van der Waals surface area contributed by atoms with E-state index in [2.05, 4.69) is 0 Å². The van der Waals surface area contributed by atoms with Crippen LogP contribution < -0.4 is 9.47 Å². The predicted molar refractivity (Wildman–Crippen MR) is 51.7 cm³/mol. The van der Waals surface area contributed by atoms with Crippen LogP contribution in [-0.2, 0) is 0 Å². The van der Waals surface area contributed by atoms with Gasteiger partial charge in [0, 0.05) is 12.3 Å². The molecule has 0 N–H and O–H groups in total. The lowest BCUT2D eigenvalue weighted by atomic mass is 10.2. The largest absolute Gasteiger partial charge is 0.486 e. The van der Waals surface area contributed by atoms with Crippen molar-refractivity contribution in [1.82, 2.24) is 0 Å². The molecule has 2 nitrogen and oxygen atoms in total. The highest BCUT2D eigenvalue weighted by molar-refractivity contribution is 6.17. The molecule has 2 rings (SSSR count). The van der Waals surface area contributed by atoms with E-state index in [-0.39, 0.29) is 6.10 Å². The maximum absolute atomic E-state index is 5.66. The highest BCUT2D eigenvalue weighted by atomic mass is 35.5. The summed E-state index contributed by atoms with van der Waals surface area (Å²) < 4.78 is 11.2. The van der Waals surface area contributed by atoms with Gasteiger partial charge in [0.25, 0.3) is 0 Å². The highest BCUT2D eigenvalue weighted by Crippen LogP contribution is 2.31. The molecule has 3 heteroatoms. The molecule has 0 saturated carbocycles. The van der Waals surface area contributed by atoms with E-state index >= 15 is 0 Å². The number of para-hydroxylation sites is 2. The summed E-state index contributed by atoms with van der Waals surface area (Å²) in [5.41, 5.74) is 0. The number of halogens is 1. The van der Waals surface area contributed by atoms with Gasteiger partial charge in [0.15, 0.2) is 11.5 Å². The molecule has 1 aromatic rings. The van der Waals surface area contributed by atoms with E-state index in [0.29, 0.717) is 12.5 Å². The third kappa shape index (κ3) is 1.89. The van der Waals surface area contributed by atoms with Gasteiger partial charge in [-0.05, 0) is 12.1 Å². The van der Waals surface area contributed by atoms with Gasteiger partial charge in [0.2, 0.25) is 0 Å². The molecule has 0 saturated heterocycles. The summed E-state index contributed by atoms with van der Waals surface area (Å²) in [7, 11) is 0. The first-order valence-corrected chi connectivity index (χ1v) is 4.88. The molecule has 1 aliphatic rings. The lowest BCUT2D eigenvalue weighted by molar-refractivity contribution is 0.0890. The maximum Gasteiger partial charge on any atom is 0.161 e. The smallest absolute Gasteiger partial charge is 0.161 e. The van der Waals surface area contributed by atoms with Gasteiger partial charge < -0.3 is 9.47 Å². The molecule has 70 valence electrons. The van der Waals surface area contributed by atoms with Crippen molar-refractivity contribution in [2.75, 3.05) is 12.5 Å². The zero-order chi connectivity index (χ0) is 9.10. The van der Waals surface area contributed by atoms with Crippen molar-refractivity contribution in [2.24, 2.45) is 0 Å². The van der Waals surface area contributed by atoms with E-state index in [9.17, 15) is 0 Å². The molecule has 0 spiro atoms. The third-order valence-corrected chi connectivity index (χ3v) is 2.22. The van der Waals surface area contributed by atoms with Gasteiger partial charge in [-0.2, -0.15) is 0 Å². The van der Waals surface area contributed by atoms with Gasteiger partial charge in [-0.1, -0.05) is 12.1 Å². The van der Waals surface area contributed by atoms with Gasteiger partial charge in [0.1, 0.15) is 12.7 Å². The van der Waals surface area contributed by atoms with Crippen molar-refractivity contribution in [2.45, 2.75) is 12.5 Å². The molecule has 0 aliphatic carbocycles. The second-order valence-corrected chi connectivity index (χ2v) is 3.35. The molecule has 0 fully saturated rings. The maximum atomic E-state index is 5.66. The summed E-state index contributed by atoms with van der Waals surface area (Å²) in [6.45, 7) is 0.601. The molecule has 1 aromatic carbocycles. The Balaban J connectivity index is 2.11. The summed E-state index contributed by atoms with van der Waals surface area (Å²) in [6.07, 6.45) is 0.933. The lowest BCUT2D eigenvalue weighted by Crippen LogP contribution is -2.29. The van der Waals surface area contributed by atoms with Crippen LogP contribution in [0.15, 0.2) is 24.3 Å². The van der Waals surface area contributed by atoms with Gasteiger partial charge in [-0.25, -0.2) is 0 Å². The minimum absolute atomic E-state index is 0.104. The van der Waals surface area contributed by atoms with Crippen LogP contribution in [0.2, 0.25) is 0 Å². The summed E-state index contributed by atoms with van der Waals surface area (Å²) in [6, 6.07) is 7.69. The summed E-state index contributed by atoms with van der Waals surface area (Å²) in [4.78, 5) is 0. The van der Waals surface area contributed by atoms with E-state index in [1.807, 2.05) is 24.3 Å². The fourth-order valence-electron chi connectivity index (χ4n) is 1.33. The molecule has 13 heavy (non-hydrogen) atoms. The van der Waals surface area contributed by atoms with Gasteiger partial charge in [-0.3, -0.25) is 0 Å². The number of ether oxygens (including phenoxy) is 2. The first kappa shape index (κ1) is 8.70. The van der Waals surface area contributed by atoms with Crippen molar-refractivity contribution in [3.63, 3.8) is 0 Å². The summed E-state index contributed by atoms with van der Waals surface area (Å²) in [5.74, 6) is 2.26. The number of alkyl halides is 1. The Morgan fingerprint density at radius 2 is 2.08 bits per heavy atom. The van der Waals surface area contributed by atoms with Crippen molar-refractivity contribution in [3.05, 3.63) is 24.3 Å². The Labute approximate surface area is 82.4 Å². The SMILES string of the molecule is ClCC[C@H]1COc2ccccc2O1. The van der Waals surface area contributed by atoms with Crippen molar-refractivity contribution in [3.8, 4) is 11.5 Å². The van der Waals surface area contributed by atoms with Crippen LogP contribution in [0.1, 0.15) is 6.42 Å². The second-order valence-electron chi connectivity index (χ2n) is 2.98. The Kier molecular flexibility index (Phi) is 2.60. The molecule has 0 amide bonds. The lowest BCUT2D eigenvalue weighted by Gasteiger charge is -2.25. The van der Waals surface area contributed by atoms with Crippen molar-refractivity contribution < 1.29 is 9.47 Å². The Morgan fingerprint density at radius 3 is 2.85 bits per heavy atom. The molecule has 0 unspecified atom stereocenters. The standard InChI is InChI=1S/C10H11ClO2/c11-6-5-8-7-12-9-3-1-2-4-10(9)13-8/h1-4,8H,5-7H2/t8-/m0/s1. The Hall–Kier alpha value is -0.890. The van der Waals surface area contributed by atoms with Gasteiger partial charge in [0.05, 0.1) is 0 Å². The van der Waals surface area contributed by atoms with E-state index in [1.165, 1.54) is 0 Å². The minimum atomic E-state index is 0.104. The van der Waals surface area contributed by atoms with E-state index in [1.54, 1.807) is 0 Å².